The molecule has 2 fully saturated rings. The standard InChI is InChI=1S/C18H24N6O.3C2HF3O2/c1-21-12-17(25)24(16-9-20-22(2)11-16)14-18(21)5-7-23(13-18)10-15-4-3-6-19-8-15;3*3-2(4,5)1(6)7/h3-4,6,8-9,11H,5,7,10,12-14H2,1-2H3;3*(H,6,7). The monoisotopic (exact) mass is 682 g/mol. The number of likely N-dealkylation sites (tertiary alicyclic amines) is 1. The molecule has 258 valence electrons. The third-order valence-electron chi connectivity index (χ3n) is 6.21. The highest BCUT2D eigenvalue weighted by atomic mass is 19.4. The minimum atomic E-state index is -5.08. The quantitative estimate of drug-likeness (QED) is 0.407. The molecule has 0 radical (unpaired) electrons. The molecule has 0 aromatic carbocycles. The van der Waals surface area contributed by atoms with Gasteiger partial charge in [0.25, 0.3) is 0 Å². The van der Waals surface area contributed by atoms with Crippen molar-refractivity contribution in [1.29, 1.82) is 0 Å². The molecule has 2 aliphatic heterocycles. The van der Waals surface area contributed by atoms with Gasteiger partial charge in [0, 0.05) is 51.8 Å². The van der Waals surface area contributed by atoms with Crippen molar-refractivity contribution in [1.82, 2.24) is 24.6 Å². The van der Waals surface area contributed by atoms with Crippen molar-refractivity contribution in [3.63, 3.8) is 0 Å². The molecule has 13 nitrogen and oxygen atoms in total. The van der Waals surface area contributed by atoms with Crippen molar-refractivity contribution in [3.05, 3.63) is 42.5 Å². The van der Waals surface area contributed by atoms with Gasteiger partial charge in [0.05, 0.1) is 24.0 Å². The zero-order chi connectivity index (χ0) is 35.7. The molecule has 2 saturated heterocycles. The van der Waals surface area contributed by atoms with Crippen LogP contribution in [0.5, 0.6) is 0 Å². The van der Waals surface area contributed by atoms with Gasteiger partial charge in [-0.3, -0.25) is 24.3 Å². The molecule has 1 unspecified atom stereocenters. The van der Waals surface area contributed by atoms with Crippen molar-refractivity contribution in [2.45, 2.75) is 37.0 Å². The van der Waals surface area contributed by atoms with E-state index < -0.39 is 36.4 Å². The second-order valence-electron chi connectivity index (χ2n) is 9.66. The van der Waals surface area contributed by atoms with E-state index in [9.17, 15) is 44.3 Å². The Labute approximate surface area is 253 Å². The molecule has 0 bridgehead atoms. The van der Waals surface area contributed by atoms with Crippen LogP contribution in [0.15, 0.2) is 36.9 Å². The normalized spacial score (nSPS) is 18.8. The van der Waals surface area contributed by atoms with Gasteiger partial charge >= 0.3 is 36.4 Å². The number of piperazine rings is 1. The summed E-state index contributed by atoms with van der Waals surface area (Å²) in [5.74, 6) is -8.13. The lowest BCUT2D eigenvalue weighted by atomic mass is 9.93. The van der Waals surface area contributed by atoms with Crippen LogP contribution in [-0.4, -0.2) is 121 Å². The number of aliphatic carboxylic acids is 3. The number of aromatic nitrogens is 3. The fourth-order valence-electron chi connectivity index (χ4n) is 4.01. The van der Waals surface area contributed by atoms with Crippen LogP contribution < -0.4 is 4.90 Å². The molecular weight excluding hydrogens is 655 g/mol. The summed E-state index contributed by atoms with van der Waals surface area (Å²) in [7, 11) is 3.96. The first-order chi connectivity index (χ1) is 20.9. The molecule has 1 spiro atoms. The van der Waals surface area contributed by atoms with Gasteiger partial charge in [-0.2, -0.15) is 44.6 Å². The van der Waals surface area contributed by atoms with Gasteiger partial charge < -0.3 is 20.2 Å². The van der Waals surface area contributed by atoms with Crippen molar-refractivity contribution in [2.24, 2.45) is 7.05 Å². The fraction of sp³-hybridized carbons (Fsp3) is 0.500. The molecule has 2 aromatic heterocycles. The summed E-state index contributed by atoms with van der Waals surface area (Å²) >= 11 is 0. The van der Waals surface area contributed by atoms with E-state index in [1.807, 2.05) is 30.4 Å². The SMILES string of the molecule is CN1CC(=O)N(c2cnn(C)c2)CC12CCN(Cc1cccnc1)C2.O=C(O)C(F)(F)F.O=C(O)C(F)(F)F.O=C(O)C(F)(F)F. The van der Waals surface area contributed by atoms with Gasteiger partial charge in [-0.15, -0.1) is 0 Å². The molecule has 4 heterocycles. The number of hydrogen-bond acceptors (Lipinski definition) is 8. The number of pyridine rings is 1. The van der Waals surface area contributed by atoms with Crippen LogP contribution in [0.2, 0.25) is 0 Å². The Morgan fingerprint density at radius 3 is 1.76 bits per heavy atom. The molecule has 1 atom stereocenters. The van der Waals surface area contributed by atoms with Gasteiger partial charge in [0.2, 0.25) is 5.91 Å². The number of rotatable bonds is 3. The van der Waals surface area contributed by atoms with Crippen molar-refractivity contribution >= 4 is 29.5 Å². The minimum Gasteiger partial charge on any atom is -0.475 e. The van der Waals surface area contributed by atoms with E-state index in [1.54, 1.807) is 17.1 Å². The number of nitrogens with zero attached hydrogens (tertiary/aromatic N) is 6. The summed E-state index contributed by atoms with van der Waals surface area (Å²) in [6, 6.07) is 4.10. The highest BCUT2D eigenvalue weighted by Gasteiger charge is 2.47. The number of hydrogen-bond donors (Lipinski definition) is 3. The molecule has 3 N–H and O–H groups in total. The molecule has 22 heteroatoms. The number of amides is 1. The Bertz CT molecular complexity index is 1280. The molecule has 1 amide bonds. The van der Waals surface area contributed by atoms with Crippen molar-refractivity contribution < 1.29 is 74.0 Å². The Morgan fingerprint density at radius 2 is 1.37 bits per heavy atom. The zero-order valence-corrected chi connectivity index (χ0v) is 23.8. The second-order valence-corrected chi connectivity index (χ2v) is 9.66. The van der Waals surface area contributed by atoms with E-state index in [-0.39, 0.29) is 11.4 Å². The molecule has 2 aliphatic rings. The lowest BCUT2D eigenvalue weighted by molar-refractivity contribution is -0.193. The smallest absolute Gasteiger partial charge is 0.475 e. The Balaban J connectivity index is 0.000000413. The first kappa shape index (κ1) is 39.6. The molecule has 0 aliphatic carbocycles. The highest BCUT2D eigenvalue weighted by molar-refractivity contribution is 5.95. The van der Waals surface area contributed by atoms with Crippen LogP contribution in [0.3, 0.4) is 0 Å². The van der Waals surface area contributed by atoms with Gasteiger partial charge in [0.15, 0.2) is 0 Å². The predicted octanol–water partition coefficient (Wildman–Crippen LogP) is 2.64. The Morgan fingerprint density at radius 1 is 0.870 bits per heavy atom. The van der Waals surface area contributed by atoms with Gasteiger partial charge in [0.1, 0.15) is 0 Å². The predicted molar refractivity (Wildman–Crippen MR) is 136 cm³/mol. The lowest BCUT2D eigenvalue weighted by Crippen LogP contribution is -2.64. The summed E-state index contributed by atoms with van der Waals surface area (Å²) in [4.78, 5) is 50.1. The number of likely N-dealkylation sites (N-methyl/N-ethyl adjacent to an activating group) is 1. The summed E-state index contributed by atoms with van der Waals surface area (Å²) < 4.78 is 97.0. The maximum atomic E-state index is 12.6. The van der Waals surface area contributed by atoms with Crippen LogP contribution >= 0.6 is 0 Å². The first-order valence-electron chi connectivity index (χ1n) is 12.4. The molecular formula is C24H27F9N6O7. The average molecular weight is 682 g/mol. The molecule has 0 saturated carbocycles. The minimum absolute atomic E-state index is 0.00591. The zero-order valence-electron chi connectivity index (χ0n) is 23.8. The van der Waals surface area contributed by atoms with Crippen LogP contribution in [0.4, 0.5) is 45.2 Å². The van der Waals surface area contributed by atoms with E-state index in [2.05, 4.69) is 33.0 Å². The van der Waals surface area contributed by atoms with Gasteiger partial charge in [-0.1, -0.05) is 6.07 Å². The van der Waals surface area contributed by atoms with Gasteiger partial charge in [-0.05, 0) is 25.1 Å². The second kappa shape index (κ2) is 15.7. The summed E-state index contributed by atoms with van der Waals surface area (Å²) in [6.45, 7) is 4.08. The maximum absolute atomic E-state index is 12.6. The Hall–Kier alpha value is -4.47. The summed E-state index contributed by atoms with van der Waals surface area (Å²) in [5, 5.41) is 25.6. The van der Waals surface area contributed by atoms with Gasteiger partial charge in [-0.25, -0.2) is 14.4 Å². The van der Waals surface area contributed by atoms with Crippen LogP contribution in [0.25, 0.3) is 0 Å². The average Bonchev–Trinajstić information content (AvgIpc) is 3.53. The summed E-state index contributed by atoms with van der Waals surface area (Å²) in [5.41, 5.74) is 2.13. The topological polar surface area (TPSA) is 169 Å². The number of carboxylic acids is 3. The third-order valence-corrected chi connectivity index (χ3v) is 6.21. The van der Waals surface area contributed by atoms with Crippen LogP contribution in [0.1, 0.15) is 12.0 Å². The number of halogens is 9. The fourth-order valence-corrected chi connectivity index (χ4v) is 4.01. The largest absolute Gasteiger partial charge is 0.490 e. The first-order valence-corrected chi connectivity index (χ1v) is 12.4. The van der Waals surface area contributed by atoms with Crippen LogP contribution in [0, 0.1) is 0 Å². The molecule has 4 rings (SSSR count). The number of carbonyl (C=O) groups excluding carboxylic acids is 1. The third kappa shape index (κ3) is 12.5. The maximum Gasteiger partial charge on any atom is 0.490 e. The summed E-state index contributed by atoms with van der Waals surface area (Å²) in [6.07, 6.45) is -6.76. The van der Waals surface area contributed by atoms with E-state index in [0.717, 1.165) is 38.3 Å². The number of anilines is 1. The Kier molecular flexibility index (Phi) is 13.5. The number of aryl methyl sites for hydroxylation is 1. The molecule has 46 heavy (non-hydrogen) atoms. The van der Waals surface area contributed by atoms with E-state index >= 15 is 0 Å². The number of carboxylic acid groups (broad SMARTS) is 3. The van der Waals surface area contributed by atoms with Crippen molar-refractivity contribution in [3.8, 4) is 0 Å². The van der Waals surface area contributed by atoms with E-state index in [4.69, 9.17) is 29.7 Å². The lowest BCUT2D eigenvalue weighted by Gasteiger charge is -2.46. The number of alkyl halides is 9. The van der Waals surface area contributed by atoms with Crippen molar-refractivity contribution in [2.75, 3.05) is 38.1 Å². The van der Waals surface area contributed by atoms with E-state index in [1.165, 1.54) is 5.56 Å². The van der Waals surface area contributed by atoms with Crippen LogP contribution in [-0.2, 0) is 32.8 Å². The molecule has 2 aromatic rings. The highest BCUT2D eigenvalue weighted by Crippen LogP contribution is 2.33. The number of carbonyl (C=O) groups is 4. The van der Waals surface area contributed by atoms with E-state index in [0.29, 0.717) is 6.54 Å².